The van der Waals surface area contributed by atoms with Crippen LogP contribution in [0.1, 0.15) is 22.3 Å². The first-order valence-corrected chi connectivity index (χ1v) is 8.57. The molecule has 0 unspecified atom stereocenters. The second-order valence-electron chi connectivity index (χ2n) is 5.98. The fourth-order valence-corrected chi connectivity index (χ4v) is 2.67. The molecule has 2 nitrogen and oxygen atoms in total. The molecule has 0 aliphatic heterocycles. The first kappa shape index (κ1) is 17.2. The summed E-state index contributed by atoms with van der Waals surface area (Å²) < 4.78 is 5.96. The maximum atomic E-state index is 6.02. The van der Waals surface area contributed by atoms with Gasteiger partial charge >= 0.3 is 0 Å². The highest BCUT2D eigenvalue weighted by atomic mass is 35.5. The summed E-state index contributed by atoms with van der Waals surface area (Å²) in [5.41, 5.74) is 5.42. The first-order chi connectivity index (χ1) is 12.1. The van der Waals surface area contributed by atoms with Crippen molar-refractivity contribution in [2.45, 2.75) is 20.5 Å². The lowest BCUT2D eigenvalue weighted by Gasteiger charge is -2.09. The molecule has 3 rings (SSSR count). The van der Waals surface area contributed by atoms with Crippen LogP contribution in [0.5, 0.6) is 5.75 Å². The van der Waals surface area contributed by atoms with Gasteiger partial charge in [-0.3, -0.25) is 4.99 Å². The van der Waals surface area contributed by atoms with Crippen molar-refractivity contribution in [3.05, 3.63) is 94.0 Å². The molecule has 0 bridgehead atoms. The van der Waals surface area contributed by atoms with Crippen LogP contribution in [-0.2, 0) is 6.61 Å². The van der Waals surface area contributed by atoms with E-state index < -0.39 is 0 Å². The Morgan fingerprint density at radius 1 is 0.920 bits per heavy atom. The number of aryl methyl sites for hydroxylation is 2. The molecule has 0 saturated heterocycles. The Morgan fingerprint density at radius 2 is 1.76 bits per heavy atom. The molecule has 0 spiro atoms. The summed E-state index contributed by atoms with van der Waals surface area (Å²) in [5.74, 6) is 0.801. The van der Waals surface area contributed by atoms with E-state index in [4.69, 9.17) is 16.3 Å². The Kier molecular flexibility index (Phi) is 5.52. The average molecular weight is 350 g/mol. The summed E-state index contributed by atoms with van der Waals surface area (Å²) in [6.45, 7) is 4.66. The quantitative estimate of drug-likeness (QED) is 0.496. The van der Waals surface area contributed by atoms with Gasteiger partial charge in [-0.25, -0.2) is 0 Å². The van der Waals surface area contributed by atoms with Crippen molar-refractivity contribution in [1.82, 2.24) is 0 Å². The summed E-state index contributed by atoms with van der Waals surface area (Å²) >= 11 is 6.02. The van der Waals surface area contributed by atoms with Crippen molar-refractivity contribution in [3.8, 4) is 5.75 Å². The molecule has 0 N–H and O–H groups in total. The van der Waals surface area contributed by atoms with Gasteiger partial charge in [-0.15, -0.1) is 0 Å². The Labute approximate surface area is 153 Å². The minimum absolute atomic E-state index is 0.467. The molecule has 0 amide bonds. The van der Waals surface area contributed by atoms with Gasteiger partial charge in [0.1, 0.15) is 12.4 Å². The molecular formula is C22H20ClNO. The Morgan fingerprint density at radius 3 is 2.56 bits per heavy atom. The highest BCUT2D eigenvalue weighted by Gasteiger charge is 2.02. The molecule has 0 heterocycles. The topological polar surface area (TPSA) is 21.6 Å². The molecule has 0 saturated carbocycles. The predicted molar refractivity (Wildman–Crippen MR) is 105 cm³/mol. The van der Waals surface area contributed by atoms with Crippen LogP contribution in [0.4, 0.5) is 5.69 Å². The van der Waals surface area contributed by atoms with E-state index >= 15 is 0 Å². The molecule has 0 atom stereocenters. The molecule has 3 heteroatoms. The second-order valence-corrected chi connectivity index (χ2v) is 6.42. The van der Waals surface area contributed by atoms with E-state index in [1.54, 1.807) is 0 Å². The van der Waals surface area contributed by atoms with Crippen LogP contribution in [0.2, 0.25) is 5.02 Å². The van der Waals surface area contributed by atoms with Crippen molar-refractivity contribution in [2.24, 2.45) is 4.99 Å². The lowest BCUT2D eigenvalue weighted by Crippen LogP contribution is -1.98. The number of nitrogens with zero attached hydrogens (tertiary/aromatic N) is 1. The van der Waals surface area contributed by atoms with Crippen LogP contribution in [0.15, 0.2) is 71.7 Å². The molecule has 0 radical (unpaired) electrons. The van der Waals surface area contributed by atoms with E-state index in [1.807, 2.05) is 60.8 Å². The number of hydrogen-bond acceptors (Lipinski definition) is 2. The predicted octanol–water partition coefficient (Wildman–Crippen LogP) is 6.29. The highest BCUT2D eigenvalue weighted by Crippen LogP contribution is 2.21. The lowest BCUT2D eigenvalue weighted by atomic mass is 10.1. The molecule has 0 fully saturated rings. The largest absolute Gasteiger partial charge is 0.488 e. The van der Waals surface area contributed by atoms with E-state index in [-0.39, 0.29) is 0 Å². The Bertz CT molecular complexity index is 902. The van der Waals surface area contributed by atoms with Gasteiger partial charge in [-0.2, -0.15) is 0 Å². The molecule has 3 aromatic carbocycles. The van der Waals surface area contributed by atoms with Gasteiger partial charge < -0.3 is 4.74 Å². The van der Waals surface area contributed by atoms with Crippen molar-refractivity contribution in [1.29, 1.82) is 0 Å². The number of hydrogen-bond donors (Lipinski definition) is 0. The fourth-order valence-electron chi connectivity index (χ4n) is 2.46. The third-order valence-electron chi connectivity index (χ3n) is 4.05. The number of benzene rings is 3. The summed E-state index contributed by atoms with van der Waals surface area (Å²) in [7, 11) is 0. The van der Waals surface area contributed by atoms with E-state index in [1.165, 1.54) is 11.1 Å². The van der Waals surface area contributed by atoms with Gasteiger partial charge in [0.05, 0.1) is 5.69 Å². The van der Waals surface area contributed by atoms with Crippen molar-refractivity contribution in [2.75, 3.05) is 0 Å². The van der Waals surface area contributed by atoms with Gasteiger partial charge in [0.15, 0.2) is 0 Å². The molecule has 0 aromatic heterocycles. The van der Waals surface area contributed by atoms with Crippen LogP contribution in [0.25, 0.3) is 0 Å². The smallest absolute Gasteiger partial charge is 0.128 e. The van der Waals surface area contributed by atoms with Crippen molar-refractivity contribution < 1.29 is 4.74 Å². The van der Waals surface area contributed by atoms with Crippen LogP contribution in [0, 0.1) is 13.8 Å². The van der Waals surface area contributed by atoms with Crippen LogP contribution in [-0.4, -0.2) is 6.21 Å². The normalized spacial score (nSPS) is 11.0. The number of aliphatic imine (C=N–C) groups is 1. The number of para-hydroxylation sites is 1. The number of halogens is 1. The average Bonchev–Trinajstić information content (AvgIpc) is 2.62. The van der Waals surface area contributed by atoms with Gasteiger partial charge in [0.2, 0.25) is 0 Å². The minimum atomic E-state index is 0.467. The van der Waals surface area contributed by atoms with E-state index in [9.17, 15) is 0 Å². The zero-order valence-corrected chi connectivity index (χ0v) is 15.1. The van der Waals surface area contributed by atoms with Crippen molar-refractivity contribution in [3.63, 3.8) is 0 Å². The van der Waals surface area contributed by atoms with Crippen molar-refractivity contribution >= 4 is 23.5 Å². The third-order valence-corrected chi connectivity index (χ3v) is 4.28. The SMILES string of the molecule is Cc1ccc(N=Cc2ccccc2OCc2cccc(Cl)c2)cc1C. The zero-order chi connectivity index (χ0) is 17.6. The summed E-state index contributed by atoms with van der Waals surface area (Å²) in [6, 6.07) is 21.8. The highest BCUT2D eigenvalue weighted by molar-refractivity contribution is 6.30. The second kappa shape index (κ2) is 8.00. The zero-order valence-electron chi connectivity index (χ0n) is 14.4. The molecule has 25 heavy (non-hydrogen) atoms. The van der Waals surface area contributed by atoms with Crippen LogP contribution in [0.3, 0.4) is 0 Å². The maximum absolute atomic E-state index is 6.02. The monoisotopic (exact) mass is 349 g/mol. The number of ether oxygens (including phenoxy) is 1. The molecule has 0 aliphatic carbocycles. The van der Waals surface area contributed by atoms with Crippen LogP contribution >= 0.6 is 11.6 Å². The van der Waals surface area contributed by atoms with Crippen LogP contribution < -0.4 is 4.74 Å². The molecule has 3 aromatic rings. The molecule has 0 aliphatic rings. The lowest BCUT2D eigenvalue weighted by molar-refractivity contribution is 0.306. The summed E-state index contributed by atoms with van der Waals surface area (Å²) in [4.78, 5) is 4.58. The van der Waals surface area contributed by atoms with E-state index in [0.717, 1.165) is 22.6 Å². The van der Waals surface area contributed by atoms with Gasteiger partial charge in [-0.1, -0.05) is 41.9 Å². The van der Waals surface area contributed by atoms with E-state index in [0.29, 0.717) is 11.6 Å². The maximum Gasteiger partial charge on any atom is 0.128 e. The Hall–Kier alpha value is -2.58. The van der Waals surface area contributed by atoms with Gasteiger partial charge in [0.25, 0.3) is 0 Å². The summed E-state index contributed by atoms with van der Waals surface area (Å²) in [5, 5.41) is 0.714. The first-order valence-electron chi connectivity index (χ1n) is 8.19. The third kappa shape index (κ3) is 4.71. The van der Waals surface area contributed by atoms with E-state index in [2.05, 4.69) is 31.0 Å². The number of rotatable bonds is 5. The Balaban J connectivity index is 1.76. The fraction of sp³-hybridized carbons (Fsp3) is 0.136. The minimum Gasteiger partial charge on any atom is -0.488 e. The van der Waals surface area contributed by atoms with Gasteiger partial charge in [0, 0.05) is 16.8 Å². The van der Waals surface area contributed by atoms with Gasteiger partial charge in [-0.05, 0) is 66.9 Å². The molecular weight excluding hydrogens is 330 g/mol. The summed E-state index contributed by atoms with van der Waals surface area (Å²) in [6.07, 6.45) is 1.84. The molecule has 126 valence electrons. The standard InChI is InChI=1S/C22H20ClNO/c1-16-10-11-21(12-17(16)2)24-14-19-7-3-4-9-22(19)25-15-18-6-5-8-20(23)13-18/h3-14H,15H2,1-2H3.